The van der Waals surface area contributed by atoms with Gasteiger partial charge in [-0.2, -0.15) is 0 Å². The maximum absolute atomic E-state index is 11.8. The number of nitrogens with zero attached hydrogens (tertiary/aromatic N) is 1. The summed E-state index contributed by atoms with van der Waals surface area (Å²) in [7, 11) is 1.94. The van der Waals surface area contributed by atoms with Crippen LogP contribution in [0.25, 0.3) is 0 Å². The Morgan fingerprint density at radius 1 is 1.50 bits per heavy atom. The molecule has 0 spiro atoms. The van der Waals surface area contributed by atoms with E-state index in [0.717, 1.165) is 24.2 Å². The number of amides is 1. The number of nitrogen functional groups attached to an aromatic ring is 1. The normalized spacial score (nSPS) is 12.4. The lowest BCUT2D eigenvalue weighted by Crippen LogP contribution is -2.28. The van der Waals surface area contributed by atoms with Crippen LogP contribution >= 0.6 is 0 Å². The smallest absolute Gasteiger partial charge is 0.224 e. The number of carbonyl (C=O) groups is 1. The monoisotopic (exact) mass is 279 g/mol. The van der Waals surface area contributed by atoms with E-state index in [1.165, 1.54) is 0 Å². The molecule has 0 aliphatic rings. The molecular formula is C15H25N3O2. The first-order valence-electron chi connectivity index (χ1n) is 6.91. The van der Waals surface area contributed by atoms with Crippen LogP contribution in [0, 0.1) is 6.92 Å². The molecular weight excluding hydrogens is 254 g/mol. The topological polar surface area (TPSA) is 78.6 Å². The molecule has 5 heteroatoms. The van der Waals surface area contributed by atoms with Crippen LogP contribution in [0.2, 0.25) is 0 Å². The highest BCUT2D eigenvalue weighted by molar-refractivity contribution is 5.91. The number of benzene rings is 1. The summed E-state index contributed by atoms with van der Waals surface area (Å²) in [6, 6.07) is 5.44. The molecule has 0 bridgehead atoms. The van der Waals surface area contributed by atoms with E-state index in [-0.39, 0.29) is 12.0 Å². The minimum atomic E-state index is -0.341. The van der Waals surface area contributed by atoms with Gasteiger partial charge in [0, 0.05) is 24.3 Å². The van der Waals surface area contributed by atoms with Gasteiger partial charge in [-0.25, -0.2) is 0 Å². The van der Waals surface area contributed by atoms with Crippen molar-refractivity contribution in [1.29, 1.82) is 0 Å². The highest BCUT2D eigenvalue weighted by Gasteiger charge is 2.07. The van der Waals surface area contributed by atoms with Gasteiger partial charge in [0.2, 0.25) is 5.91 Å². The molecule has 0 saturated carbocycles. The molecule has 1 aromatic carbocycles. The van der Waals surface area contributed by atoms with Gasteiger partial charge in [0.05, 0.1) is 6.10 Å². The molecule has 0 aliphatic carbocycles. The van der Waals surface area contributed by atoms with Crippen molar-refractivity contribution in [3.8, 4) is 0 Å². The summed E-state index contributed by atoms with van der Waals surface area (Å²) in [6.07, 6.45) is 0.892. The zero-order valence-corrected chi connectivity index (χ0v) is 12.5. The number of carbonyl (C=O) groups excluding carboxylic acids is 1. The number of nitrogens with one attached hydrogen (secondary N) is 1. The number of anilines is 2. The molecule has 1 amide bonds. The van der Waals surface area contributed by atoms with Crippen LogP contribution in [0.1, 0.15) is 25.3 Å². The van der Waals surface area contributed by atoms with Crippen molar-refractivity contribution < 1.29 is 9.90 Å². The summed E-state index contributed by atoms with van der Waals surface area (Å²) in [4.78, 5) is 13.9. The van der Waals surface area contributed by atoms with Gasteiger partial charge < -0.3 is 21.1 Å². The number of hydrogen-bond acceptors (Lipinski definition) is 4. The van der Waals surface area contributed by atoms with Crippen molar-refractivity contribution >= 4 is 17.3 Å². The number of aliphatic hydroxyl groups is 1. The average Bonchev–Trinajstić information content (AvgIpc) is 2.31. The van der Waals surface area contributed by atoms with E-state index in [1.807, 2.05) is 31.0 Å². The van der Waals surface area contributed by atoms with Gasteiger partial charge in [-0.3, -0.25) is 4.79 Å². The lowest BCUT2D eigenvalue weighted by molar-refractivity contribution is -0.116. The second kappa shape index (κ2) is 7.87. The second-order valence-corrected chi connectivity index (χ2v) is 5.34. The van der Waals surface area contributed by atoms with Gasteiger partial charge in [0.15, 0.2) is 0 Å². The van der Waals surface area contributed by atoms with E-state index in [9.17, 15) is 9.90 Å². The first kappa shape index (κ1) is 16.5. The van der Waals surface area contributed by atoms with Crippen molar-refractivity contribution in [3.63, 3.8) is 0 Å². The molecule has 1 rings (SSSR count). The summed E-state index contributed by atoms with van der Waals surface area (Å²) < 4.78 is 0. The summed E-state index contributed by atoms with van der Waals surface area (Å²) in [5.74, 6) is 0.00307. The summed E-state index contributed by atoms with van der Waals surface area (Å²) in [6.45, 7) is 5.09. The van der Waals surface area contributed by atoms with Crippen LogP contribution in [0.5, 0.6) is 0 Å². The molecule has 0 radical (unpaired) electrons. The number of rotatable bonds is 7. The van der Waals surface area contributed by atoms with E-state index in [4.69, 9.17) is 5.73 Å². The number of nitrogens with two attached hydrogens (primary N) is 1. The van der Waals surface area contributed by atoms with Crippen LogP contribution in [-0.2, 0) is 4.79 Å². The zero-order chi connectivity index (χ0) is 15.1. The Kier molecular flexibility index (Phi) is 6.48. The number of hydrogen-bond donors (Lipinski definition) is 3. The van der Waals surface area contributed by atoms with Crippen LogP contribution < -0.4 is 11.1 Å². The predicted octanol–water partition coefficient (Wildman–Crippen LogP) is 1.61. The van der Waals surface area contributed by atoms with Crippen molar-refractivity contribution in [2.45, 2.75) is 32.8 Å². The maximum Gasteiger partial charge on any atom is 0.224 e. The molecule has 5 nitrogen and oxygen atoms in total. The molecule has 0 saturated heterocycles. The lowest BCUT2D eigenvalue weighted by atomic mass is 10.1. The minimum absolute atomic E-state index is 0.00307. The molecule has 1 atom stereocenters. The zero-order valence-electron chi connectivity index (χ0n) is 12.5. The second-order valence-electron chi connectivity index (χ2n) is 5.34. The Bertz CT molecular complexity index is 447. The van der Waals surface area contributed by atoms with Gasteiger partial charge in [-0.1, -0.05) is 0 Å². The third-order valence-electron chi connectivity index (χ3n) is 3.04. The van der Waals surface area contributed by atoms with E-state index in [0.29, 0.717) is 18.7 Å². The Hall–Kier alpha value is -1.59. The quantitative estimate of drug-likeness (QED) is 0.663. The van der Waals surface area contributed by atoms with Crippen LogP contribution in [0.15, 0.2) is 18.2 Å². The molecule has 0 aromatic heterocycles. The van der Waals surface area contributed by atoms with Gasteiger partial charge in [-0.05, 0) is 57.6 Å². The predicted molar refractivity (Wildman–Crippen MR) is 82.6 cm³/mol. The fourth-order valence-electron chi connectivity index (χ4n) is 2.09. The van der Waals surface area contributed by atoms with E-state index >= 15 is 0 Å². The summed E-state index contributed by atoms with van der Waals surface area (Å²) in [5, 5.41) is 12.1. The first-order chi connectivity index (χ1) is 9.38. The number of aliphatic hydroxyl groups excluding tert-OH is 1. The molecule has 20 heavy (non-hydrogen) atoms. The molecule has 0 heterocycles. The van der Waals surface area contributed by atoms with Gasteiger partial charge >= 0.3 is 0 Å². The molecule has 1 unspecified atom stereocenters. The maximum atomic E-state index is 11.8. The van der Waals surface area contributed by atoms with E-state index in [2.05, 4.69) is 5.32 Å². The first-order valence-corrected chi connectivity index (χ1v) is 6.91. The standard InChI is InChI=1S/C15H25N3O2/c1-11-9-13(16)6-7-14(11)17-15(20)5-4-8-18(3)10-12(2)19/h6-7,9,12,19H,4-5,8,10,16H2,1-3H3,(H,17,20). The third-order valence-corrected chi connectivity index (χ3v) is 3.04. The number of likely N-dealkylation sites (N-methyl/N-ethyl adjacent to an activating group) is 1. The highest BCUT2D eigenvalue weighted by atomic mass is 16.3. The van der Waals surface area contributed by atoms with Crippen molar-refractivity contribution in [2.75, 3.05) is 31.2 Å². The van der Waals surface area contributed by atoms with E-state index < -0.39 is 0 Å². The van der Waals surface area contributed by atoms with Gasteiger partial charge in [0.1, 0.15) is 0 Å². The van der Waals surface area contributed by atoms with Gasteiger partial charge in [-0.15, -0.1) is 0 Å². The van der Waals surface area contributed by atoms with Crippen LogP contribution in [0.4, 0.5) is 11.4 Å². The Morgan fingerprint density at radius 2 is 2.20 bits per heavy atom. The Balaban J connectivity index is 2.33. The molecule has 0 aliphatic heterocycles. The summed E-state index contributed by atoms with van der Waals surface area (Å²) in [5.41, 5.74) is 8.14. The molecule has 0 fully saturated rings. The summed E-state index contributed by atoms with van der Waals surface area (Å²) >= 11 is 0. The van der Waals surface area contributed by atoms with Crippen LogP contribution in [0.3, 0.4) is 0 Å². The van der Waals surface area contributed by atoms with Crippen molar-refractivity contribution in [3.05, 3.63) is 23.8 Å². The largest absolute Gasteiger partial charge is 0.399 e. The van der Waals surface area contributed by atoms with Crippen molar-refractivity contribution in [1.82, 2.24) is 4.90 Å². The molecule has 4 N–H and O–H groups in total. The van der Waals surface area contributed by atoms with Crippen LogP contribution in [-0.4, -0.2) is 42.2 Å². The fraction of sp³-hybridized carbons (Fsp3) is 0.533. The number of aryl methyl sites for hydroxylation is 1. The minimum Gasteiger partial charge on any atom is -0.399 e. The highest BCUT2D eigenvalue weighted by Crippen LogP contribution is 2.17. The third kappa shape index (κ3) is 6.04. The SMILES string of the molecule is Cc1cc(N)ccc1NC(=O)CCCN(C)CC(C)O. The Labute approximate surface area is 120 Å². The lowest BCUT2D eigenvalue weighted by Gasteiger charge is -2.17. The fourth-order valence-corrected chi connectivity index (χ4v) is 2.09. The van der Waals surface area contributed by atoms with Gasteiger partial charge in [0.25, 0.3) is 0 Å². The average molecular weight is 279 g/mol. The molecule has 1 aromatic rings. The van der Waals surface area contributed by atoms with E-state index in [1.54, 1.807) is 13.0 Å². The van der Waals surface area contributed by atoms with Crippen molar-refractivity contribution in [2.24, 2.45) is 0 Å². The molecule has 112 valence electrons. The Morgan fingerprint density at radius 3 is 2.80 bits per heavy atom.